The average Bonchev–Trinajstić information content (AvgIpc) is 3.30. The van der Waals surface area contributed by atoms with Crippen molar-refractivity contribution in [3.63, 3.8) is 0 Å². The van der Waals surface area contributed by atoms with Crippen molar-refractivity contribution in [1.29, 1.82) is 0 Å². The zero-order valence-electron chi connectivity index (χ0n) is 12.7. The summed E-state index contributed by atoms with van der Waals surface area (Å²) >= 11 is 3.36. The molecule has 2 aromatic rings. The van der Waals surface area contributed by atoms with E-state index < -0.39 is 0 Å². The minimum Gasteiger partial charge on any atom is -0.336 e. The topological polar surface area (TPSA) is 63.9 Å². The summed E-state index contributed by atoms with van der Waals surface area (Å²) in [5.41, 5.74) is 1.02. The number of nitrogens with zero attached hydrogens (tertiary/aromatic N) is 5. The quantitative estimate of drug-likeness (QED) is 0.820. The Bertz CT molecular complexity index is 756. The predicted molar refractivity (Wildman–Crippen MR) is 90.6 cm³/mol. The Balaban J connectivity index is 1.56. The number of rotatable bonds is 4. The van der Waals surface area contributed by atoms with Gasteiger partial charge in [0.05, 0.1) is 22.8 Å². The third kappa shape index (κ3) is 3.15. The molecule has 0 radical (unpaired) electrons. The second kappa shape index (κ2) is 6.03. The van der Waals surface area contributed by atoms with Gasteiger partial charge in [0.2, 0.25) is 5.95 Å². The molecule has 0 N–H and O–H groups in total. The molecular formula is C16H18BrN5O. The Kier molecular flexibility index (Phi) is 3.88. The smallest absolute Gasteiger partial charge is 0.266 e. The molecule has 1 atom stereocenters. The van der Waals surface area contributed by atoms with Crippen LogP contribution < -0.4 is 10.5 Å². The Morgan fingerprint density at radius 2 is 1.96 bits per heavy atom. The zero-order chi connectivity index (χ0) is 15.8. The summed E-state index contributed by atoms with van der Waals surface area (Å²) in [5.74, 6) is 1.28. The Morgan fingerprint density at radius 1 is 1.17 bits per heavy atom. The van der Waals surface area contributed by atoms with Gasteiger partial charge in [0, 0.05) is 30.9 Å². The zero-order valence-corrected chi connectivity index (χ0v) is 14.3. The van der Waals surface area contributed by atoms with Crippen molar-refractivity contribution < 1.29 is 0 Å². The van der Waals surface area contributed by atoms with Crippen LogP contribution in [0.25, 0.3) is 0 Å². The van der Waals surface area contributed by atoms with Crippen LogP contribution in [0.1, 0.15) is 37.3 Å². The molecule has 6 nitrogen and oxygen atoms in total. The Labute approximate surface area is 142 Å². The summed E-state index contributed by atoms with van der Waals surface area (Å²) < 4.78 is 2.49. The standard InChI is InChI=1S/C16H18BrN5O/c17-12-8-18-16(19-9-12)21-7-1-2-13(21)10-22-15(23)6-5-14(20-22)11-3-4-11/h5-6,8-9,11,13H,1-4,7,10H2. The van der Waals surface area contributed by atoms with Crippen molar-refractivity contribution in [2.24, 2.45) is 0 Å². The largest absolute Gasteiger partial charge is 0.336 e. The number of hydrogen-bond acceptors (Lipinski definition) is 5. The van der Waals surface area contributed by atoms with Gasteiger partial charge >= 0.3 is 0 Å². The Hall–Kier alpha value is -1.76. The van der Waals surface area contributed by atoms with Crippen LogP contribution in [0.2, 0.25) is 0 Å². The van der Waals surface area contributed by atoms with Gasteiger partial charge in [-0.3, -0.25) is 4.79 Å². The lowest BCUT2D eigenvalue weighted by molar-refractivity contribution is 0.479. The van der Waals surface area contributed by atoms with Crippen molar-refractivity contribution in [2.75, 3.05) is 11.4 Å². The van der Waals surface area contributed by atoms with Gasteiger partial charge in [-0.05, 0) is 47.7 Å². The second-order valence-corrected chi connectivity index (χ2v) is 7.16. The average molecular weight is 376 g/mol. The lowest BCUT2D eigenvalue weighted by Crippen LogP contribution is -2.38. The molecule has 0 bridgehead atoms. The predicted octanol–water partition coefficient (Wildman–Crippen LogP) is 2.34. The molecular weight excluding hydrogens is 358 g/mol. The van der Waals surface area contributed by atoms with Gasteiger partial charge in [0.15, 0.2) is 0 Å². The van der Waals surface area contributed by atoms with E-state index in [1.807, 2.05) is 6.07 Å². The molecule has 1 saturated heterocycles. The third-order valence-corrected chi connectivity index (χ3v) is 4.92. The van der Waals surface area contributed by atoms with Crippen LogP contribution in [0.3, 0.4) is 0 Å². The van der Waals surface area contributed by atoms with Gasteiger partial charge in [-0.1, -0.05) is 0 Å². The van der Waals surface area contributed by atoms with Crippen LogP contribution in [-0.4, -0.2) is 32.3 Å². The van der Waals surface area contributed by atoms with Crippen LogP contribution in [-0.2, 0) is 6.54 Å². The van der Waals surface area contributed by atoms with Gasteiger partial charge < -0.3 is 4.90 Å². The minimum atomic E-state index is -0.0297. The molecule has 4 rings (SSSR count). The molecule has 23 heavy (non-hydrogen) atoms. The molecule has 7 heteroatoms. The molecule has 2 fully saturated rings. The highest BCUT2D eigenvalue weighted by Gasteiger charge is 2.29. The van der Waals surface area contributed by atoms with Crippen molar-refractivity contribution >= 4 is 21.9 Å². The fourth-order valence-electron chi connectivity index (χ4n) is 3.13. The number of hydrogen-bond donors (Lipinski definition) is 0. The van der Waals surface area contributed by atoms with Crippen LogP contribution in [0, 0.1) is 0 Å². The fraction of sp³-hybridized carbons (Fsp3) is 0.500. The SMILES string of the molecule is O=c1ccc(C2CC2)nn1CC1CCCN1c1ncc(Br)cn1. The van der Waals surface area contributed by atoms with Crippen molar-refractivity contribution in [2.45, 2.75) is 44.2 Å². The normalized spacial score (nSPS) is 20.9. The Morgan fingerprint density at radius 3 is 2.70 bits per heavy atom. The number of halogens is 1. The molecule has 3 heterocycles. The van der Waals surface area contributed by atoms with Gasteiger partial charge in [0.25, 0.3) is 5.56 Å². The summed E-state index contributed by atoms with van der Waals surface area (Å²) in [6, 6.07) is 3.74. The van der Waals surface area contributed by atoms with Crippen LogP contribution in [0.5, 0.6) is 0 Å². The van der Waals surface area contributed by atoms with Crippen LogP contribution in [0.4, 0.5) is 5.95 Å². The van der Waals surface area contributed by atoms with E-state index in [9.17, 15) is 4.79 Å². The van der Waals surface area contributed by atoms with Crippen LogP contribution in [0.15, 0.2) is 33.8 Å². The molecule has 1 saturated carbocycles. The second-order valence-electron chi connectivity index (χ2n) is 6.24. The summed E-state index contributed by atoms with van der Waals surface area (Å²) in [5, 5.41) is 4.57. The van der Waals surface area contributed by atoms with E-state index in [0.717, 1.165) is 35.5 Å². The van der Waals surface area contributed by atoms with Gasteiger partial charge in [0.1, 0.15) is 0 Å². The molecule has 1 aliphatic heterocycles. The van der Waals surface area contributed by atoms with Crippen molar-refractivity contribution in [3.05, 3.63) is 45.0 Å². The first-order chi connectivity index (χ1) is 11.2. The summed E-state index contributed by atoms with van der Waals surface area (Å²) in [6.07, 6.45) is 8.01. The highest BCUT2D eigenvalue weighted by molar-refractivity contribution is 9.10. The van der Waals surface area contributed by atoms with E-state index in [1.54, 1.807) is 23.1 Å². The molecule has 1 aliphatic carbocycles. The molecule has 0 amide bonds. The first kappa shape index (κ1) is 14.8. The first-order valence-electron chi connectivity index (χ1n) is 8.03. The van der Waals surface area contributed by atoms with E-state index >= 15 is 0 Å². The van der Waals surface area contributed by atoms with Crippen LogP contribution >= 0.6 is 15.9 Å². The maximum atomic E-state index is 12.1. The van der Waals surface area contributed by atoms with Crippen molar-refractivity contribution in [1.82, 2.24) is 19.7 Å². The van der Waals surface area contributed by atoms with Crippen molar-refractivity contribution in [3.8, 4) is 0 Å². The van der Waals surface area contributed by atoms with E-state index in [0.29, 0.717) is 12.5 Å². The maximum absolute atomic E-state index is 12.1. The summed E-state index contributed by atoms with van der Waals surface area (Å²) in [7, 11) is 0. The van der Waals surface area contributed by atoms with E-state index in [4.69, 9.17) is 0 Å². The third-order valence-electron chi connectivity index (χ3n) is 4.51. The van der Waals surface area contributed by atoms with E-state index in [-0.39, 0.29) is 11.6 Å². The van der Waals surface area contributed by atoms with Gasteiger partial charge in [-0.15, -0.1) is 0 Å². The molecule has 0 spiro atoms. The monoisotopic (exact) mass is 375 g/mol. The highest BCUT2D eigenvalue weighted by atomic mass is 79.9. The van der Waals surface area contributed by atoms with E-state index in [1.165, 1.54) is 12.8 Å². The van der Waals surface area contributed by atoms with Gasteiger partial charge in [-0.2, -0.15) is 5.10 Å². The molecule has 1 unspecified atom stereocenters. The molecule has 0 aromatic carbocycles. The summed E-state index contributed by atoms with van der Waals surface area (Å²) in [6.45, 7) is 1.52. The molecule has 120 valence electrons. The van der Waals surface area contributed by atoms with E-state index in [2.05, 4.69) is 35.9 Å². The minimum absolute atomic E-state index is 0.0297. The van der Waals surface area contributed by atoms with Gasteiger partial charge in [-0.25, -0.2) is 14.6 Å². The number of anilines is 1. The first-order valence-corrected chi connectivity index (χ1v) is 8.82. The summed E-state index contributed by atoms with van der Waals surface area (Å²) in [4.78, 5) is 23.1. The highest BCUT2D eigenvalue weighted by Crippen LogP contribution is 2.38. The lowest BCUT2D eigenvalue weighted by Gasteiger charge is -2.24. The fourth-order valence-corrected chi connectivity index (χ4v) is 3.34. The number of aromatic nitrogens is 4. The maximum Gasteiger partial charge on any atom is 0.266 e. The molecule has 2 aromatic heterocycles. The molecule has 2 aliphatic rings. The lowest BCUT2D eigenvalue weighted by atomic mass is 10.2.